The maximum atomic E-state index is 10.2. The number of halogens is 3. The molecule has 0 bridgehead atoms. The lowest BCUT2D eigenvalue weighted by Gasteiger charge is -2.10. The second-order valence-electron chi connectivity index (χ2n) is 5.03. The Morgan fingerprint density at radius 3 is 2.54 bits per heavy atom. The molecule has 0 saturated heterocycles. The van der Waals surface area contributed by atoms with Gasteiger partial charge in [0.25, 0.3) is 6.47 Å². The summed E-state index contributed by atoms with van der Waals surface area (Å²) < 4.78 is 4.72. The SMILES string of the molecule is O=COCCc1cnc2c(-c3cc(Cl)cc(Cl)c3)nccc2c1Cl. The quantitative estimate of drug-likeness (QED) is 0.462. The van der Waals surface area contributed by atoms with E-state index in [9.17, 15) is 4.79 Å². The third-order valence-electron chi connectivity index (χ3n) is 3.49. The van der Waals surface area contributed by atoms with Crippen LogP contribution in [-0.2, 0) is 16.0 Å². The van der Waals surface area contributed by atoms with Crippen molar-refractivity contribution in [3.8, 4) is 11.3 Å². The average molecular weight is 382 g/mol. The van der Waals surface area contributed by atoms with Crippen LogP contribution in [0.2, 0.25) is 15.1 Å². The standard InChI is InChI=1S/C17H11Cl3N2O2/c18-12-5-11(6-13(19)7-12)16-17-14(1-3-21-16)15(20)10(8-22-17)2-4-24-9-23/h1,3,5-9H,2,4H2. The number of carbonyl (C=O) groups is 1. The first-order chi connectivity index (χ1) is 11.6. The zero-order valence-corrected chi connectivity index (χ0v) is 14.6. The Labute approximate surface area is 153 Å². The van der Waals surface area contributed by atoms with E-state index in [1.54, 1.807) is 36.7 Å². The van der Waals surface area contributed by atoms with E-state index in [0.29, 0.717) is 39.2 Å². The van der Waals surface area contributed by atoms with Crippen LogP contribution >= 0.6 is 34.8 Å². The van der Waals surface area contributed by atoms with Crippen molar-refractivity contribution in [2.24, 2.45) is 0 Å². The first-order valence-electron chi connectivity index (χ1n) is 7.04. The van der Waals surface area contributed by atoms with Crippen molar-refractivity contribution < 1.29 is 9.53 Å². The summed E-state index contributed by atoms with van der Waals surface area (Å²) >= 11 is 18.6. The molecule has 0 aliphatic rings. The van der Waals surface area contributed by atoms with Crippen LogP contribution in [0.4, 0.5) is 0 Å². The number of nitrogens with zero attached hydrogens (tertiary/aromatic N) is 2. The van der Waals surface area contributed by atoms with Crippen LogP contribution in [0.1, 0.15) is 5.56 Å². The summed E-state index contributed by atoms with van der Waals surface area (Å²) in [4.78, 5) is 19.1. The maximum Gasteiger partial charge on any atom is 0.293 e. The van der Waals surface area contributed by atoms with Gasteiger partial charge in [-0.25, -0.2) is 0 Å². The highest BCUT2D eigenvalue weighted by molar-refractivity contribution is 6.36. The van der Waals surface area contributed by atoms with Gasteiger partial charge in [-0.05, 0) is 29.8 Å². The van der Waals surface area contributed by atoms with Gasteiger partial charge >= 0.3 is 0 Å². The third-order valence-corrected chi connectivity index (χ3v) is 4.37. The molecule has 0 unspecified atom stereocenters. The molecule has 0 amide bonds. The Morgan fingerprint density at radius 1 is 1.08 bits per heavy atom. The van der Waals surface area contributed by atoms with E-state index in [2.05, 4.69) is 9.97 Å². The Balaban J connectivity index is 2.11. The fraction of sp³-hybridized carbons (Fsp3) is 0.118. The van der Waals surface area contributed by atoms with Crippen molar-refractivity contribution in [2.75, 3.05) is 6.61 Å². The molecular weight excluding hydrogens is 371 g/mol. The molecule has 7 heteroatoms. The molecule has 3 aromatic rings. The molecule has 0 radical (unpaired) electrons. The summed E-state index contributed by atoms with van der Waals surface area (Å²) in [5, 5.41) is 2.36. The second kappa shape index (κ2) is 7.34. The fourth-order valence-corrected chi connectivity index (χ4v) is 3.25. The van der Waals surface area contributed by atoms with Crippen molar-refractivity contribution in [3.05, 3.63) is 57.3 Å². The molecular formula is C17H11Cl3N2O2. The summed E-state index contributed by atoms with van der Waals surface area (Å²) in [7, 11) is 0. The number of carbonyl (C=O) groups excluding carboxylic acids is 1. The lowest BCUT2D eigenvalue weighted by Crippen LogP contribution is -1.99. The van der Waals surface area contributed by atoms with Crippen molar-refractivity contribution in [1.29, 1.82) is 0 Å². The molecule has 0 saturated carbocycles. The molecule has 122 valence electrons. The molecule has 0 spiro atoms. The molecule has 24 heavy (non-hydrogen) atoms. The summed E-state index contributed by atoms with van der Waals surface area (Å²) in [5.41, 5.74) is 2.86. The number of hydrogen-bond acceptors (Lipinski definition) is 4. The topological polar surface area (TPSA) is 52.1 Å². The van der Waals surface area contributed by atoms with E-state index >= 15 is 0 Å². The molecule has 0 aliphatic carbocycles. The first-order valence-corrected chi connectivity index (χ1v) is 8.17. The molecule has 0 fully saturated rings. The van der Waals surface area contributed by atoms with Crippen molar-refractivity contribution in [3.63, 3.8) is 0 Å². The van der Waals surface area contributed by atoms with Gasteiger partial charge in [0.2, 0.25) is 0 Å². The molecule has 2 aromatic heterocycles. The van der Waals surface area contributed by atoms with Crippen LogP contribution in [0.3, 0.4) is 0 Å². The van der Waals surface area contributed by atoms with E-state index in [0.717, 1.165) is 16.5 Å². The van der Waals surface area contributed by atoms with Gasteiger partial charge in [0, 0.05) is 39.8 Å². The zero-order chi connectivity index (χ0) is 17.1. The van der Waals surface area contributed by atoms with E-state index in [1.165, 1.54) is 0 Å². The van der Waals surface area contributed by atoms with Crippen LogP contribution in [0.25, 0.3) is 22.2 Å². The van der Waals surface area contributed by atoms with Gasteiger partial charge in [-0.15, -0.1) is 0 Å². The van der Waals surface area contributed by atoms with E-state index < -0.39 is 0 Å². The number of rotatable bonds is 5. The summed E-state index contributed by atoms with van der Waals surface area (Å²) in [6, 6.07) is 7.00. The van der Waals surface area contributed by atoms with Crippen LogP contribution < -0.4 is 0 Å². The minimum Gasteiger partial charge on any atom is -0.468 e. The van der Waals surface area contributed by atoms with Crippen LogP contribution in [0, 0.1) is 0 Å². The summed E-state index contributed by atoms with van der Waals surface area (Å²) in [6.45, 7) is 0.658. The van der Waals surface area contributed by atoms with Gasteiger partial charge in [0.05, 0.1) is 22.8 Å². The van der Waals surface area contributed by atoms with E-state index in [4.69, 9.17) is 39.5 Å². The molecule has 2 heterocycles. The molecule has 4 nitrogen and oxygen atoms in total. The largest absolute Gasteiger partial charge is 0.468 e. The maximum absolute atomic E-state index is 10.2. The minimum absolute atomic E-state index is 0.248. The van der Waals surface area contributed by atoms with Gasteiger partial charge in [-0.2, -0.15) is 0 Å². The number of hydrogen-bond donors (Lipinski definition) is 0. The third kappa shape index (κ3) is 3.46. The number of fused-ring (bicyclic) bond motifs is 1. The molecule has 0 atom stereocenters. The second-order valence-corrected chi connectivity index (χ2v) is 6.28. The summed E-state index contributed by atoms with van der Waals surface area (Å²) in [6.07, 6.45) is 3.81. The molecule has 0 N–H and O–H groups in total. The lowest BCUT2D eigenvalue weighted by atomic mass is 10.1. The van der Waals surface area contributed by atoms with Gasteiger partial charge in [0.1, 0.15) is 0 Å². The Kier molecular flexibility index (Phi) is 5.19. The number of ether oxygens (including phenoxy) is 1. The van der Waals surface area contributed by atoms with Crippen LogP contribution in [0.5, 0.6) is 0 Å². The number of aromatic nitrogens is 2. The Morgan fingerprint density at radius 2 is 1.83 bits per heavy atom. The predicted octanol–water partition coefficient (Wildman–Crippen LogP) is 4.97. The van der Waals surface area contributed by atoms with Gasteiger partial charge < -0.3 is 4.74 Å². The monoisotopic (exact) mass is 380 g/mol. The highest BCUT2D eigenvalue weighted by atomic mass is 35.5. The Hall–Kier alpha value is -1.88. The highest BCUT2D eigenvalue weighted by Crippen LogP contribution is 2.33. The first kappa shape index (κ1) is 17.0. The van der Waals surface area contributed by atoms with Gasteiger partial charge in [-0.1, -0.05) is 34.8 Å². The molecule has 3 rings (SSSR count). The fourth-order valence-electron chi connectivity index (χ4n) is 2.43. The smallest absolute Gasteiger partial charge is 0.293 e. The summed E-state index contributed by atoms with van der Waals surface area (Å²) in [5.74, 6) is 0. The van der Waals surface area contributed by atoms with Gasteiger partial charge in [0.15, 0.2) is 0 Å². The van der Waals surface area contributed by atoms with Crippen LogP contribution in [0.15, 0.2) is 36.7 Å². The van der Waals surface area contributed by atoms with E-state index in [1.807, 2.05) is 0 Å². The highest BCUT2D eigenvalue weighted by Gasteiger charge is 2.13. The van der Waals surface area contributed by atoms with E-state index in [-0.39, 0.29) is 6.61 Å². The van der Waals surface area contributed by atoms with Crippen molar-refractivity contribution >= 4 is 52.2 Å². The minimum atomic E-state index is 0.248. The normalized spacial score (nSPS) is 10.8. The molecule has 0 aliphatic heterocycles. The number of benzene rings is 1. The Bertz CT molecular complexity index is 895. The van der Waals surface area contributed by atoms with Crippen LogP contribution in [-0.4, -0.2) is 23.0 Å². The number of pyridine rings is 2. The van der Waals surface area contributed by atoms with Crippen molar-refractivity contribution in [1.82, 2.24) is 9.97 Å². The average Bonchev–Trinajstić information content (AvgIpc) is 2.56. The van der Waals surface area contributed by atoms with Crippen molar-refractivity contribution in [2.45, 2.75) is 6.42 Å². The molecule has 1 aromatic carbocycles. The zero-order valence-electron chi connectivity index (χ0n) is 12.3. The lowest BCUT2D eigenvalue weighted by molar-refractivity contribution is -0.128. The predicted molar refractivity (Wildman–Crippen MR) is 95.7 cm³/mol. The van der Waals surface area contributed by atoms with Gasteiger partial charge in [-0.3, -0.25) is 14.8 Å².